The molecule has 3 heterocycles. The number of imidazole rings is 2. The number of nitrogens with zero attached hydrogens (tertiary/aromatic N) is 5. The third-order valence-corrected chi connectivity index (χ3v) is 4.73. The van der Waals surface area contributed by atoms with E-state index >= 15 is 0 Å². The largest absolute Gasteiger partial charge is 0.337 e. The van der Waals surface area contributed by atoms with Crippen molar-refractivity contribution < 1.29 is 4.79 Å². The highest BCUT2D eigenvalue weighted by atomic mass is 16.2. The fourth-order valence-electron chi connectivity index (χ4n) is 3.44. The van der Waals surface area contributed by atoms with Crippen molar-refractivity contribution in [3.8, 4) is 0 Å². The fraction of sp³-hybridized carbons (Fsp3) is 0.316. The molecule has 25 heavy (non-hydrogen) atoms. The highest BCUT2D eigenvalue weighted by Gasteiger charge is 2.25. The van der Waals surface area contributed by atoms with E-state index in [9.17, 15) is 4.79 Å². The van der Waals surface area contributed by atoms with Crippen molar-refractivity contribution in [1.29, 1.82) is 0 Å². The molecule has 1 amide bonds. The van der Waals surface area contributed by atoms with E-state index in [4.69, 9.17) is 0 Å². The van der Waals surface area contributed by atoms with Crippen LogP contribution in [0, 0.1) is 0 Å². The Balaban J connectivity index is 1.48. The van der Waals surface area contributed by atoms with Crippen molar-refractivity contribution >= 4 is 5.91 Å². The molecule has 6 nitrogen and oxygen atoms in total. The van der Waals surface area contributed by atoms with E-state index < -0.39 is 0 Å². The first kappa shape index (κ1) is 15.6. The van der Waals surface area contributed by atoms with Gasteiger partial charge in [-0.15, -0.1) is 0 Å². The molecule has 0 bridgehead atoms. The Kier molecular flexibility index (Phi) is 4.33. The topological polar surface area (TPSA) is 56.0 Å². The van der Waals surface area contributed by atoms with Gasteiger partial charge in [-0.3, -0.25) is 4.79 Å². The third-order valence-electron chi connectivity index (χ3n) is 4.73. The molecular weight excluding hydrogens is 314 g/mol. The van der Waals surface area contributed by atoms with Gasteiger partial charge < -0.3 is 14.0 Å². The summed E-state index contributed by atoms with van der Waals surface area (Å²) in [7, 11) is 0. The highest BCUT2D eigenvalue weighted by Crippen LogP contribution is 2.23. The molecule has 0 aliphatic carbocycles. The van der Waals surface area contributed by atoms with Crippen molar-refractivity contribution in [2.45, 2.75) is 25.4 Å². The Morgan fingerprint density at radius 3 is 2.84 bits per heavy atom. The summed E-state index contributed by atoms with van der Waals surface area (Å²) in [5, 5.41) is 0. The number of carbonyl (C=O) groups excluding carboxylic acids is 1. The number of rotatable bonds is 4. The second kappa shape index (κ2) is 6.93. The normalized spacial score (nSPS) is 17.6. The average molecular weight is 335 g/mol. The standard InChI is InChI=1S/C19H21N5O/c25-19(23-8-2-5-18(13-23)24-10-7-21-15-24)17-4-1-3-16(11-17)12-22-9-6-20-14-22/h1,3-4,6-7,9-11,14-15,18H,2,5,8,12-13H2/t18-/m0/s1. The average Bonchev–Trinajstić information content (AvgIpc) is 3.35. The fourth-order valence-corrected chi connectivity index (χ4v) is 3.44. The van der Waals surface area contributed by atoms with Crippen molar-refractivity contribution in [3.63, 3.8) is 0 Å². The molecule has 3 aromatic rings. The second-order valence-corrected chi connectivity index (χ2v) is 6.49. The van der Waals surface area contributed by atoms with Crippen LogP contribution >= 0.6 is 0 Å². The third kappa shape index (κ3) is 3.47. The van der Waals surface area contributed by atoms with Gasteiger partial charge in [0.1, 0.15) is 0 Å². The van der Waals surface area contributed by atoms with E-state index in [2.05, 4.69) is 14.5 Å². The Labute approximate surface area is 146 Å². The van der Waals surface area contributed by atoms with Gasteiger partial charge in [-0.1, -0.05) is 12.1 Å². The smallest absolute Gasteiger partial charge is 0.253 e. The van der Waals surface area contributed by atoms with E-state index in [1.807, 2.05) is 52.5 Å². The minimum atomic E-state index is 0.109. The van der Waals surface area contributed by atoms with Crippen molar-refractivity contribution in [1.82, 2.24) is 24.0 Å². The van der Waals surface area contributed by atoms with Crippen molar-refractivity contribution in [3.05, 3.63) is 72.8 Å². The highest BCUT2D eigenvalue weighted by molar-refractivity contribution is 5.94. The first-order chi connectivity index (χ1) is 12.3. The van der Waals surface area contributed by atoms with E-state index in [-0.39, 0.29) is 5.91 Å². The summed E-state index contributed by atoms with van der Waals surface area (Å²) in [5.74, 6) is 0.109. The predicted octanol–water partition coefficient (Wildman–Crippen LogP) is 2.61. The van der Waals surface area contributed by atoms with Gasteiger partial charge in [0.15, 0.2) is 0 Å². The lowest BCUT2D eigenvalue weighted by atomic mass is 10.0. The van der Waals surface area contributed by atoms with Crippen LogP contribution in [0.25, 0.3) is 0 Å². The lowest BCUT2D eigenvalue weighted by Gasteiger charge is -2.33. The summed E-state index contributed by atoms with van der Waals surface area (Å²) in [5.41, 5.74) is 1.86. The van der Waals surface area contributed by atoms with Gasteiger partial charge in [0.05, 0.1) is 18.7 Å². The molecule has 0 N–H and O–H groups in total. The van der Waals surface area contributed by atoms with Gasteiger partial charge >= 0.3 is 0 Å². The van der Waals surface area contributed by atoms with Crippen LogP contribution in [0.15, 0.2) is 61.7 Å². The molecule has 1 fully saturated rings. The molecule has 1 saturated heterocycles. The van der Waals surface area contributed by atoms with Crippen molar-refractivity contribution in [2.75, 3.05) is 13.1 Å². The SMILES string of the molecule is O=C(c1cccc(Cn2ccnc2)c1)N1CCC[C@H](n2ccnc2)C1. The van der Waals surface area contributed by atoms with Gasteiger partial charge in [-0.2, -0.15) is 0 Å². The van der Waals surface area contributed by atoms with Gasteiger partial charge in [0, 0.05) is 50.0 Å². The van der Waals surface area contributed by atoms with Crippen LogP contribution in [0.1, 0.15) is 34.8 Å². The number of hydrogen-bond acceptors (Lipinski definition) is 3. The van der Waals surface area contributed by atoms with E-state index in [0.717, 1.165) is 43.6 Å². The van der Waals surface area contributed by atoms with Crippen LogP contribution in [-0.2, 0) is 6.54 Å². The van der Waals surface area contributed by atoms with Crippen LogP contribution in [-0.4, -0.2) is 43.0 Å². The quantitative estimate of drug-likeness (QED) is 0.736. The van der Waals surface area contributed by atoms with E-state index in [1.165, 1.54) is 0 Å². The van der Waals surface area contributed by atoms with Crippen molar-refractivity contribution in [2.24, 2.45) is 0 Å². The van der Waals surface area contributed by atoms with Gasteiger partial charge in [-0.05, 0) is 30.5 Å². The zero-order chi connectivity index (χ0) is 17.1. The lowest BCUT2D eigenvalue weighted by molar-refractivity contribution is 0.0679. The number of benzene rings is 1. The van der Waals surface area contributed by atoms with Crippen LogP contribution in [0.3, 0.4) is 0 Å². The van der Waals surface area contributed by atoms with E-state index in [1.54, 1.807) is 18.7 Å². The maximum atomic E-state index is 13.0. The van der Waals surface area contributed by atoms with Gasteiger partial charge in [0.25, 0.3) is 5.91 Å². The predicted molar refractivity (Wildman–Crippen MR) is 94.2 cm³/mol. The summed E-state index contributed by atoms with van der Waals surface area (Å²) in [6.07, 6.45) is 13.2. The molecule has 0 saturated carbocycles. The second-order valence-electron chi connectivity index (χ2n) is 6.49. The van der Waals surface area contributed by atoms with Crippen LogP contribution in [0.4, 0.5) is 0 Å². The van der Waals surface area contributed by atoms with E-state index in [0.29, 0.717) is 6.04 Å². The van der Waals surface area contributed by atoms with Gasteiger partial charge in [0.2, 0.25) is 0 Å². The Morgan fingerprint density at radius 2 is 2.04 bits per heavy atom. The van der Waals surface area contributed by atoms with Crippen LogP contribution in [0.2, 0.25) is 0 Å². The maximum Gasteiger partial charge on any atom is 0.253 e. The molecule has 2 aromatic heterocycles. The maximum absolute atomic E-state index is 13.0. The zero-order valence-corrected chi connectivity index (χ0v) is 14.0. The molecule has 128 valence electrons. The number of likely N-dealkylation sites (tertiary alicyclic amines) is 1. The molecule has 1 aromatic carbocycles. The number of piperidine rings is 1. The number of carbonyl (C=O) groups is 1. The summed E-state index contributed by atoms with van der Waals surface area (Å²) >= 11 is 0. The minimum Gasteiger partial charge on any atom is -0.337 e. The molecule has 1 aliphatic rings. The summed E-state index contributed by atoms with van der Waals surface area (Å²) in [6.45, 7) is 2.27. The first-order valence-corrected chi connectivity index (χ1v) is 8.61. The number of hydrogen-bond donors (Lipinski definition) is 0. The Hall–Kier alpha value is -2.89. The molecule has 1 aliphatic heterocycles. The van der Waals surface area contributed by atoms with Crippen LogP contribution in [0.5, 0.6) is 0 Å². The summed E-state index contributed by atoms with van der Waals surface area (Å²) in [6, 6.07) is 8.20. The molecule has 6 heteroatoms. The molecule has 4 rings (SSSR count). The molecule has 0 spiro atoms. The zero-order valence-electron chi connectivity index (χ0n) is 14.0. The minimum absolute atomic E-state index is 0.109. The summed E-state index contributed by atoms with van der Waals surface area (Å²) < 4.78 is 4.11. The molecule has 0 radical (unpaired) electrons. The molecule has 1 atom stereocenters. The molecular formula is C19H21N5O. The number of amides is 1. The van der Waals surface area contributed by atoms with Crippen LogP contribution < -0.4 is 0 Å². The summed E-state index contributed by atoms with van der Waals surface area (Å²) in [4.78, 5) is 23.1. The monoisotopic (exact) mass is 335 g/mol. The Morgan fingerprint density at radius 1 is 1.16 bits per heavy atom. The first-order valence-electron chi connectivity index (χ1n) is 8.61. The number of aromatic nitrogens is 4. The Bertz CT molecular complexity index is 825. The lowest BCUT2D eigenvalue weighted by Crippen LogP contribution is -2.40. The van der Waals surface area contributed by atoms with Gasteiger partial charge in [-0.25, -0.2) is 9.97 Å². The molecule has 0 unspecified atom stereocenters.